The van der Waals surface area contributed by atoms with Crippen LogP contribution in [0.4, 0.5) is 27.6 Å². The molecular weight excluding hydrogens is 379 g/mol. The van der Waals surface area contributed by atoms with Crippen molar-refractivity contribution >= 4 is 35.0 Å². The third-order valence-corrected chi connectivity index (χ3v) is 3.89. The molecule has 2 aromatic rings. The maximum absolute atomic E-state index is 13.9. The molecule has 0 aromatic heterocycles. The van der Waals surface area contributed by atoms with Crippen LogP contribution in [-0.2, 0) is 4.79 Å². The van der Waals surface area contributed by atoms with Crippen molar-refractivity contribution in [3.05, 3.63) is 69.5 Å². The molecule has 1 heterocycles. The molecule has 1 amide bonds. The van der Waals surface area contributed by atoms with E-state index in [9.17, 15) is 26.7 Å². The van der Waals surface area contributed by atoms with Gasteiger partial charge in [-0.3, -0.25) is 4.79 Å². The molecule has 0 fully saturated rings. The summed E-state index contributed by atoms with van der Waals surface area (Å²) in [6.07, 6.45) is 1.36. The number of nitrogens with zero attached hydrogens (tertiary/aromatic N) is 2. The van der Waals surface area contributed by atoms with E-state index >= 15 is 0 Å². The van der Waals surface area contributed by atoms with Crippen LogP contribution < -0.4 is 5.01 Å². The maximum atomic E-state index is 13.9. The Morgan fingerprint density at radius 1 is 0.923 bits per heavy atom. The summed E-state index contributed by atoms with van der Waals surface area (Å²) >= 11 is 5.76. The lowest BCUT2D eigenvalue weighted by Gasteiger charge is -2.15. The quantitative estimate of drug-likeness (QED) is 0.314. The fourth-order valence-corrected chi connectivity index (χ4v) is 2.47. The number of benzene rings is 2. The van der Waals surface area contributed by atoms with Gasteiger partial charge in [-0.2, -0.15) is 10.1 Å². The molecule has 0 aliphatic carbocycles. The van der Waals surface area contributed by atoms with E-state index in [2.05, 4.69) is 5.10 Å². The predicted octanol–water partition coefficient (Wildman–Crippen LogP) is 4.84. The summed E-state index contributed by atoms with van der Waals surface area (Å²) in [5, 5.41) is 4.26. The first-order chi connectivity index (χ1) is 12.2. The van der Waals surface area contributed by atoms with E-state index in [1.54, 1.807) is 24.3 Å². The number of hydrogen-bond donors (Lipinski definition) is 0. The summed E-state index contributed by atoms with van der Waals surface area (Å²) in [4.78, 5) is 12.4. The van der Waals surface area contributed by atoms with Crippen LogP contribution in [0, 0.1) is 29.1 Å². The molecule has 1 aliphatic heterocycles. The Kier molecular flexibility index (Phi) is 4.53. The van der Waals surface area contributed by atoms with Crippen molar-refractivity contribution in [2.24, 2.45) is 5.10 Å². The highest BCUT2D eigenvalue weighted by atomic mass is 35.5. The lowest BCUT2D eigenvalue weighted by Crippen LogP contribution is -2.25. The van der Waals surface area contributed by atoms with E-state index in [-0.39, 0.29) is 16.3 Å². The van der Waals surface area contributed by atoms with E-state index < -0.39 is 40.7 Å². The fraction of sp³-hybridized carbons (Fsp3) is 0.0588. The molecule has 134 valence electrons. The minimum atomic E-state index is -2.31. The molecule has 0 saturated carbocycles. The van der Waals surface area contributed by atoms with Gasteiger partial charge in [0.15, 0.2) is 23.3 Å². The van der Waals surface area contributed by atoms with Crippen LogP contribution in [0.3, 0.4) is 0 Å². The van der Waals surface area contributed by atoms with Crippen molar-refractivity contribution < 1.29 is 26.7 Å². The van der Waals surface area contributed by atoms with Gasteiger partial charge in [0.05, 0.1) is 11.3 Å². The van der Waals surface area contributed by atoms with Crippen LogP contribution in [0.1, 0.15) is 12.5 Å². The molecular formula is C17H8ClF5N2O. The van der Waals surface area contributed by atoms with Crippen LogP contribution in [0.5, 0.6) is 0 Å². The van der Waals surface area contributed by atoms with Gasteiger partial charge >= 0.3 is 0 Å². The Morgan fingerprint density at radius 2 is 1.42 bits per heavy atom. The molecule has 9 heteroatoms. The molecule has 0 spiro atoms. The number of hydrazone groups is 1. The second-order valence-electron chi connectivity index (χ2n) is 5.33. The molecule has 3 rings (SSSR count). The highest BCUT2D eigenvalue weighted by Gasteiger charge is 2.36. The van der Waals surface area contributed by atoms with Gasteiger partial charge in [0, 0.05) is 5.02 Å². The lowest BCUT2D eigenvalue weighted by atomic mass is 10.1. The van der Waals surface area contributed by atoms with Gasteiger partial charge in [-0.25, -0.2) is 22.0 Å². The summed E-state index contributed by atoms with van der Waals surface area (Å²) in [6.45, 7) is 1.37. The molecule has 0 atom stereocenters. The summed E-state index contributed by atoms with van der Waals surface area (Å²) < 4.78 is 67.8. The van der Waals surface area contributed by atoms with E-state index in [1.165, 1.54) is 13.0 Å². The number of hydrogen-bond acceptors (Lipinski definition) is 2. The summed E-state index contributed by atoms with van der Waals surface area (Å²) in [5.41, 5.74) is -0.901. The van der Waals surface area contributed by atoms with Crippen molar-refractivity contribution in [2.45, 2.75) is 6.92 Å². The molecule has 0 bridgehead atoms. The first-order valence-corrected chi connectivity index (χ1v) is 7.49. The molecule has 0 N–H and O–H groups in total. The smallest absolute Gasteiger partial charge is 0.267 e. The Labute approximate surface area is 149 Å². The largest absolute Gasteiger partial charge is 0.280 e. The lowest BCUT2D eigenvalue weighted by molar-refractivity contribution is -0.114. The van der Waals surface area contributed by atoms with Crippen molar-refractivity contribution in [2.75, 3.05) is 5.01 Å². The maximum Gasteiger partial charge on any atom is 0.280 e. The van der Waals surface area contributed by atoms with Crippen LogP contribution in [0.15, 0.2) is 34.9 Å². The SMILES string of the molecule is CC1=NN(c2c(F)c(F)c(F)c(F)c2F)C(=O)/C1=C/c1ccc(Cl)cc1. The monoisotopic (exact) mass is 386 g/mol. The number of amides is 1. The normalized spacial score (nSPS) is 15.8. The minimum absolute atomic E-state index is 0.0499. The zero-order chi connectivity index (χ0) is 19.2. The van der Waals surface area contributed by atoms with Crippen molar-refractivity contribution in [1.29, 1.82) is 0 Å². The first-order valence-electron chi connectivity index (χ1n) is 7.11. The highest BCUT2D eigenvalue weighted by Crippen LogP contribution is 2.34. The van der Waals surface area contributed by atoms with E-state index in [0.717, 1.165) is 0 Å². The molecule has 26 heavy (non-hydrogen) atoms. The molecule has 3 nitrogen and oxygen atoms in total. The van der Waals surface area contributed by atoms with Crippen molar-refractivity contribution in [3.8, 4) is 0 Å². The summed E-state index contributed by atoms with van der Waals surface area (Å²) in [6, 6.07) is 6.28. The van der Waals surface area contributed by atoms with Gasteiger partial charge in [-0.1, -0.05) is 23.7 Å². The Bertz CT molecular complexity index is 957. The van der Waals surface area contributed by atoms with E-state index in [1.807, 2.05) is 0 Å². The Morgan fingerprint density at radius 3 is 1.96 bits per heavy atom. The number of anilines is 1. The molecule has 0 saturated heterocycles. The molecule has 1 aliphatic rings. The van der Waals surface area contributed by atoms with Gasteiger partial charge in [0.2, 0.25) is 5.82 Å². The summed E-state index contributed by atoms with van der Waals surface area (Å²) in [7, 11) is 0. The zero-order valence-electron chi connectivity index (χ0n) is 13.0. The van der Waals surface area contributed by atoms with Crippen molar-refractivity contribution in [1.82, 2.24) is 0 Å². The minimum Gasteiger partial charge on any atom is -0.267 e. The van der Waals surface area contributed by atoms with Gasteiger partial charge in [0.25, 0.3) is 5.91 Å². The zero-order valence-corrected chi connectivity index (χ0v) is 13.7. The highest BCUT2D eigenvalue weighted by molar-refractivity contribution is 6.32. The molecule has 2 aromatic carbocycles. The predicted molar refractivity (Wildman–Crippen MR) is 86.3 cm³/mol. The van der Waals surface area contributed by atoms with E-state index in [0.29, 0.717) is 10.6 Å². The third-order valence-electron chi connectivity index (χ3n) is 3.64. The van der Waals surface area contributed by atoms with Gasteiger partial charge in [-0.15, -0.1) is 0 Å². The average molecular weight is 387 g/mol. The van der Waals surface area contributed by atoms with Gasteiger partial charge in [0.1, 0.15) is 5.69 Å². The summed E-state index contributed by atoms with van der Waals surface area (Å²) in [5.74, 6) is -11.9. The van der Waals surface area contributed by atoms with Crippen LogP contribution in [0.25, 0.3) is 6.08 Å². The third kappa shape index (κ3) is 2.86. The van der Waals surface area contributed by atoms with Crippen LogP contribution in [-0.4, -0.2) is 11.6 Å². The molecule has 0 radical (unpaired) electrons. The first kappa shape index (κ1) is 18.1. The van der Waals surface area contributed by atoms with Crippen molar-refractivity contribution in [3.63, 3.8) is 0 Å². The number of carbonyl (C=O) groups is 1. The second-order valence-corrected chi connectivity index (χ2v) is 5.77. The Hall–Kier alpha value is -2.74. The number of carbonyl (C=O) groups excluding carboxylic acids is 1. The number of halogens is 6. The van der Waals surface area contributed by atoms with Gasteiger partial charge < -0.3 is 0 Å². The van der Waals surface area contributed by atoms with E-state index in [4.69, 9.17) is 11.6 Å². The van der Waals surface area contributed by atoms with Gasteiger partial charge in [-0.05, 0) is 30.7 Å². The topological polar surface area (TPSA) is 32.7 Å². The Balaban J connectivity index is 2.08. The second kappa shape index (κ2) is 6.53. The van der Waals surface area contributed by atoms with Crippen LogP contribution in [0.2, 0.25) is 5.02 Å². The number of rotatable bonds is 2. The molecule has 0 unspecified atom stereocenters. The fourth-order valence-electron chi connectivity index (χ4n) is 2.34. The average Bonchev–Trinajstić information content (AvgIpc) is 2.88. The standard InChI is InChI=1S/C17H8ClF5N2O/c1-7-10(6-8-2-4-9(18)5-3-8)17(26)25(24-7)16-14(22)12(20)11(19)13(21)15(16)23/h2-6H,1H3/b10-6+. The van der Waals surface area contributed by atoms with Crippen LogP contribution >= 0.6 is 11.6 Å².